The van der Waals surface area contributed by atoms with Gasteiger partial charge in [-0.05, 0) is 146 Å². The Hall–Kier alpha value is -5.91. The number of carboxylic acids is 3. The second-order valence-electron chi connectivity index (χ2n) is 23.1. The van der Waals surface area contributed by atoms with E-state index in [0.29, 0.717) is 87.4 Å². The van der Waals surface area contributed by atoms with Crippen LogP contribution in [-0.4, -0.2) is 114 Å². The fourth-order valence-electron chi connectivity index (χ4n) is 11.5. The maximum absolute atomic E-state index is 13.0. The standard InChI is InChI=1S/C32H39F5O7S.C31H39F5O5S/c1-29(21-8-10-22(38)11-9-21)20-44-26-19-23(39)12-13-24(26)25(29)7-2-3-14-30(27(40)41,28(42)43)15-4-5-17-45-18-6-16-31(33,34)32(35,36)37;1-29(22-10-12-23(37)13-11-22)20-41-27-19-24(38)14-15-25(27)26(29)9-3-2-7-21(28(39)40)8-4-5-17-42-18-6-16-30(32,33)31(34,35)36/h8-13,19,25,38-39H,2-7,14-18,20H2,1H3,(H,40,41)(H,42,43);10-15,19,21,26,37-38H,2-9,16-18,20H2,1H3,(H,39,40)/t25-,29-;21?,26-,29-/m11/s1. The third-order valence-corrected chi connectivity index (χ3v) is 19.1. The van der Waals surface area contributed by atoms with Crippen molar-refractivity contribution in [3.63, 3.8) is 0 Å². The van der Waals surface area contributed by atoms with E-state index >= 15 is 0 Å². The average Bonchev–Trinajstić information content (AvgIpc) is 0.905. The molecule has 7 N–H and O–H groups in total. The number of fused-ring (bicyclic) bond motifs is 2. The number of alkyl halides is 10. The molecule has 2 heterocycles. The zero-order valence-corrected chi connectivity index (χ0v) is 50.2. The van der Waals surface area contributed by atoms with Crippen LogP contribution in [-0.2, 0) is 25.2 Å². The van der Waals surface area contributed by atoms with Gasteiger partial charge in [-0.1, -0.05) is 88.8 Å². The lowest BCUT2D eigenvalue weighted by molar-refractivity contribution is -0.284. The molecule has 0 radical (unpaired) electrons. The van der Waals surface area contributed by atoms with Crippen LogP contribution in [0.2, 0.25) is 0 Å². The van der Waals surface area contributed by atoms with Crippen LogP contribution in [0.3, 0.4) is 0 Å². The fourth-order valence-corrected chi connectivity index (χ4v) is 13.4. The Morgan fingerprint density at radius 3 is 1.21 bits per heavy atom. The molecule has 87 heavy (non-hydrogen) atoms. The molecule has 4 aromatic rings. The summed E-state index contributed by atoms with van der Waals surface area (Å²) in [7, 11) is 0. The van der Waals surface area contributed by atoms with Gasteiger partial charge in [0.25, 0.3) is 0 Å². The van der Waals surface area contributed by atoms with Gasteiger partial charge in [0.05, 0.1) is 19.1 Å². The van der Waals surface area contributed by atoms with E-state index in [1.165, 1.54) is 29.6 Å². The lowest BCUT2D eigenvalue weighted by Gasteiger charge is -2.43. The van der Waals surface area contributed by atoms with Crippen LogP contribution in [0.1, 0.15) is 164 Å². The summed E-state index contributed by atoms with van der Waals surface area (Å²) in [5, 5.41) is 69.1. The molecule has 0 spiro atoms. The summed E-state index contributed by atoms with van der Waals surface area (Å²) in [6.07, 6.45) is -7.91. The molecule has 6 rings (SSSR count). The summed E-state index contributed by atoms with van der Waals surface area (Å²) in [6, 6.07) is 23.8. The van der Waals surface area contributed by atoms with E-state index in [0.717, 1.165) is 35.1 Å². The average molecular weight is 1280 g/mol. The third kappa shape index (κ3) is 19.5. The maximum atomic E-state index is 13.0. The smallest absolute Gasteiger partial charge is 0.453 e. The summed E-state index contributed by atoms with van der Waals surface area (Å²) in [5.74, 6) is -10.9. The Kier molecular flexibility index (Phi) is 26.0. The van der Waals surface area contributed by atoms with E-state index < -0.39 is 77.1 Å². The second-order valence-corrected chi connectivity index (χ2v) is 25.6. The highest BCUT2D eigenvalue weighted by molar-refractivity contribution is 7.99. The zero-order chi connectivity index (χ0) is 64.4. The number of unbranched alkanes of at least 4 members (excludes halogenated alkanes) is 4. The van der Waals surface area contributed by atoms with E-state index in [1.54, 1.807) is 48.5 Å². The monoisotopic (exact) mass is 1280 g/mol. The first-order chi connectivity index (χ1) is 40.8. The highest BCUT2D eigenvalue weighted by Crippen LogP contribution is 2.52. The third-order valence-electron chi connectivity index (χ3n) is 16.8. The van der Waals surface area contributed by atoms with Gasteiger partial charge in [-0.3, -0.25) is 14.4 Å². The Bertz CT molecular complexity index is 2820. The molecule has 0 aliphatic carbocycles. The molecule has 2 aliphatic rings. The molecule has 0 fully saturated rings. The first-order valence-corrected chi connectivity index (χ1v) is 31.3. The Balaban J connectivity index is 0.000000318. The van der Waals surface area contributed by atoms with Crippen molar-refractivity contribution >= 4 is 41.4 Å². The van der Waals surface area contributed by atoms with Crippen molar-refractivity contribution in [1.82, 2.24) is 0 Å². The van der Waals surface area contributed by atoms with Crippen LogP contribution in [0.25, 0.3) is 0 Å². The molecule has 0 amide bonds. The lowest BCUT2D eigenvalue weighted by Crippen LogP contribution is -2.41. The molecule has 0 aromatic heterocycles. The van der Waals surface area contributed by atoms with Gasteiger partial charge >= 0.3 is 42.1 Å². The minimum atomic E-state index is -5.58. The van der Waals surface area contributed by atoms with Gasteiger partial charge in [-0.15, -0.1) is 0 Å². The molecule has 5 atom stereocenters. The zero-order valence-electron chi connectivity index (χ0n) is 48.6. The largest absolute Gasteiger partial charge is 0.508 e. The van der Waals surface area contributed by atoms with Crippen molar-refractivity contribution in [3.8, 4) is 34.5 Å². The lowest BCUT2D eigenvalue weighted by atomic mass is 9.66. The molecule has 484 valence electrons. The van der Waals surface area contributed by atoms with Gasteiger partial charge in [-0.2, -0.15) is 67.4 Å². The first kappa shape index (κ1) is 71.8. The van der Waals surface area contributed by atoms with E-state index in [4.69, 9.17) is 9.47 Å². The number of thioether (sulfide) groups is 2. The van der Waals surface area contributed by atoms with Crippen LogP contribution >= 0.6 is 23.5 Å². The van der Waals surface area contributed by atoms with Crippen molar-refractivity contribution < 1.29 is 104 Å². The number of benzene rings is 4. The number of carboxylic acid groups (broad SMARTS) is 3. The quantitative estimate of drug-likeness (QED) is 0.0134. The highest BCUT2D eigenvalue weighted by Gasteiger charge is 2.57. The molecule has 1 unspecified atom stereocenters. The van der Waals surface area contributed by atoms with Crippen LogP contribution in [0.4, 0.5) is 43.9 Å². The van der Waals surface area contributed by atoms with Crippen molar-refractivity contribution in [2.75, 3.05) is 36.2 Å². The number of phenolic OH excluding ortho intramolecular Hbond substituents is 4. The number of hydrogen-bond donors (Lipinski definition) is 7. The summed E-state index contributed by atoms with van der Waals surface area (Å²) in [6.45, 7) is 4.81. The van der Waals surface area contributed by atoms with Gasteiger partial charge in [0.1, 0.15) is 34.5 Å². The molecule has 2 aliphatic heterocycles. The molecule has 24 heteroatoms. The topological polar surface area (TPSA) is 211 Å². The van der Waals surface area contributed by atoms with Gasteiger partial charge in [-0.25, -0.2) is 0 Å². The minimum Gasteiger partial charge on any atom is -0.508 e. The van der Waals surface area contributed by atoms with Gasteiger partial charge < -0.3 is 45.2 Å². The number of aromatic hydroxyl groups is 4. The number of carbonyl (C=O) groups is 3. The predicted molar refractivity (Wildman–Crippen MR) is 312 cm³/mol. The molecule has 12 nitrogen and oxygen atoms in total. The maximum Gasteiger partial charge on any atom is 0.453 e. The van der Waals surface area contributed by atoms with E-state index in [1.807, 2.05) is 37.3 Å². The number of aliphatic carboxylic acids is 3. The normalized spacial score (nSPS) is 19.1. The van der Waals surface area contributed by atoms with Crippen LogP contribution in [0, 0.1) is 11.3 Å². The van der Waals surface area contributed by atoms with Gasteiger partial charge in [0.2, 0.25) is 0 Å². The Morgan fingerprint density at radius 1 is 0.483 bits per heavy atom. The Morgan fingerprint density at radius 2 is 0.828 bits per heavy atom. The van der Waals surface area contributed by atoms with Crippen molar-refractivity contribution in [2.45, 2.75) is 176 Å². The SMILES string of the molecule is C[C@]1(c2ccc(O)cc2)COc2cc(O)ccc2[C@H]1CCCCC(CCCCSCCCC(F)(F)C(F)(F)F)(C(=O)O)C(=O)O.C[C@]1(c2ccc(O)cc2)COc2cc(O)ccc2[C@H]1CCCCC(CCCCSCCCC(F)(F)C(F)(F)F)C(=O)O. The number of phenols is 4. The predicted octanol–water partition coefficient (Wildman–Crippen LogP) is 16.8. The number of ether oxygens (including phenoxy) is 2. The fraction of sp³-hybridized carbons (Fsp3) is 0.571. The molecular formula is C63H78F10O12S2. The number of hydrogen-bond acceptors (Lipinski definition) is 11. The Labute approximate surface area is 508 Å². The summed E-state index contributed by atoms with van der Waals surface area (Å²) >= 11 is 2.48. The molecule has 0 bridgehead atoms. The van der Waals surface area contributed by atoms with Crippen molar-refractivity contribution in [3.05, 3.63) is 107 Å². The van der Waals surface area contributed by atoms with Crippen molar-refractivity contribution in [2.24, 2.45) is 11.3 Å². The van der Waals surface area contributed by atoms with E-state index in [2.05, 4.69) is 6.92 Å². The van der Waals surface area contributed by atoms with Crippen LogP contribution < -0.4 is 9.47 Å². The molecular weight excluding hydrogens is 1200 g/mol. The minimum absolute atomic E-state index is 0.0442. The van der Waals surface area contributed by atoms with Crippen LogP contribution in [0.5, 0.6) is 34.5 Å². The van der Waals surface area contributed by atoms with E-state index in [-0.39, 0.29) is 85.1 Å². The van der Waals surface area contributed by atoms with Gasteiger partial charge in [0.15, 0.2) is 5.41 Å². The van der Waals surface area contributed by atoms with E-state index in [9.17, 15) is 94.0 Å². The molecule has 0 saturated carbocycles. The molecule has 0 saturated heterocycles. The highest BCUT2D eigenvalue weighted by atomic mass is 32.2. The van der Waals surface area contributed by atoms with Gasteiger partial charge in [0, 0.05) is 47.6 Å². The van der Waals surface area contributed by atoms with Crippen molar-refractivity contribution in [1.29, 1.82) is 0 Å². The first-order valence-electron chi connectivity index (χ1n) is 29.0. The summed E-state index contributed by atoms with van der Waals surface area (Å²) in [5.41, 5.74) is 0.819. The summed E-state index contributed by atoms with van der Waals surface area (Å²) < 4.78 is 137. The molecule has 4 aromatic carbocycles. The second kappa shape index (κ2) is 31.5. The number of rotatable bonds is 33. The number of halogens is 10. The summed E-state index contributed by atoms with van der Waals surface area (Å²) in [4.78, 5) is 36.3. The van der Waals surface area contributed by atoms with Crippen LogP contribution in [0.15, 0.2) is 84.9 Å².